The molecule has 2 heterocycles. The molecule has 0 fully saturated rings. The van der Waals surface area contributed by atoms with E-state index in [0.29, 0.717) is 11.3 Å². The Labute approximate surface area is 110 Å². The highest BCUT2D eigenvalue weighted by Crippen LogP contribution is 2.36. The highest BCUT2D eigenvalue weighted by Gasteiger charge is 2.37. The smallest absolute Gasteiger partial charge is 0.220 e. The highest BCUT2D eigenvalue weighted by atomic mass is 16.5. The van der Waals surface area contributed by atoms with Crippen LogP contribution in [0.15, 0.2) is 53.0 Å². The predicted octanol–water partition coefficient (Wildman–Crippen LogP) is 2.56. The second kappa shape index (κ2) is 4.31. The number of carbonyl (C=O) groups is 1. The van der Waals surface area contributed by atoms with Crippen molar-refractivity contribution in [3.8, 4) is 0 Å². The Hall–Kier alpha value is -2.49. The molecule has 3 rings (SSSR count). The molecule has 1 aliphatic rings. The average molecular weight is 255 g/mol. The standard InChI is InChI=1S/C15H13NO3/c1-9-4-2-5-10(8-9)12-13(17)14(19-15(12)16)11-6-3-7-18-11/h2-8,14H,16H2,1H3. The second-order valence-corrected chi connectivity index (χ2v) is 4.49. The van der Waals surface area contributed by atoms with Crippen LogP contribution in [0, 0.1) is 6.92 Å². The lowest BCUT2D eigenvalue weighted by molar-refractivity contribution is -0.120. The van der Waals surface area contributed by atoms with Crippen molar-refractivity contribution in [3.05, 3.63) is 65.4 Å². The third-order valence-electron chi connectivity index (χ3n) is 3.08. The molecule has 1 aliphatic heterocycles. The van der Waals surface area contributed by atoms with Crippen LogP contribution in [0.2, 0.25) is 0 Å². The van der Waals surface area contributed by atoms with Gasteiger partial charge in [-0.15, -0.1) is 0 Å². The molecule has 0 saturated heterocycles. The number of ether oxygens (including phenoxy) is 1. The fourth-order valence-electron chi connectivity index (χ4n) is 2.20. The number of carbonyl (C=O) groups excluding carboxylic acids is 1. The van der Waals surface area contributed by atoms with Crippen molar-refractivity contribution >= 4 is 11.4 Å². The molecule has 2 N–H and O–H groups in total. The number of rotatable bonds is 2. The Morgan fingerprint density at radius 2 is 2.05 bits per heavy atom. The Bertz CT molecular complexity index is 656. The Balaban J connectivity index is 1.99. The van der Waals surface area contributed by atoms with Gasteiger partial charge in [-0.25, -0.2) is 0 Å². The summed E-state index contributed by atoms with van der Waals surface area (Å²) in [7, 11) is 0. The van der Waals surface area contributed by atoms with Gasteiger partial charge in [0, 0.05) is 0 Å². The normalized spacial score (nSPS) is 18.8. The summed E-state index contributed by atoms with van der Waals surface area (Å²) in [6.45, 7) is 1.96. The first-order chi connectivity index (χ1) is 9.16. The van der Waals surface area contributed by atoms with Crippen LogP contribution in [0.1, 0.15) is 23.0 Å². The number of furan rings is 1. The molecule has 1 aromatic heterocycles. The molecule has 0 radical (unpaired) electrons. The monoisotopic (exact) mass is 255 g/mol. The molecule has 0 spiro atoms. The van der Waals surface area contributed by atoms with Crippen LogP contribution in [0.3, 0.4) is 0 Å². The first-order valence-corrected chi connectivity index (χ1v) is 5.98. The van der Waals surface area contributed by atoms with E-state index in [1.807, 2.05) is 31.2 Å². The Morgan fingerprint density at radius 1 is 1.21 bits per heavy atom. The van der Waals surface area contributed by atoms with E-state index in [-0.39, 0.29) is 11.7 Å². The molecule has 1 atom stereocenters. The quantitative estimate of drug-likeness (QED) is 0.895. The Kier molecular flexibility index (Phi) is 2.63. The van der Waals surface area contributed by atoms with E-state index in [2.05, 4.69) is 0 Å². The number of hydrogen-bond acceptors (Lipinski definition) is 4. The second-order valence-electron chi connectivity index (χ2n) is 4.49. The van der Waals surface area contributed by atoms with Crippen molar-refractivity contribution < 1.29 is 13.9 Å². The summed E-state index contributed by atoms with van der Waals surface area (Å²) in [5.41, 5.74) is 8.10. The van der Waals surface area contributed by atoms with E-state index in [4.69, 9.17) is 14.9 Å². The van der Waals surface area contributed by atoms with Crippen molar-refractivity contribution in [1.82, 2.24) is 0 Å². The maximum absolute atomic E-state index is 12.4. The number of nitrogens with two attached hydrogens (primary N) is 1. The first-order valence-electron chi connectivity index (χ1n) is 5.98. The number of ketones is 1. The van der Waals surface area contributed by atoms with Gasteiger partial charge in [-0.05, 0) is 24.6 Å². The molecular formula is C15H13NO3. The molecule has 0 saturated carbocycles. The van der Waals surface area contributed by atoms with E-state index in [0.717, 1.165) is 11.1 Å². The zero-order chi connectivity index (χ0) is 13.4. The number of Topliss-reactive ketones (excluding diaryl/α,β-unsaturated/α-hetero) is 1. The number of benzene rings is 1. The fraction of sp³-hybridized carbons (Fsp3) is 0.133. The van der Waals surface area contributed by atoms with E-state index in [9.17, 15) is 4.79 Å². The lowest BCUT2D eigenvalue weighted by atomic mass is 9.98. The summed E-state index contributed by atoms with van der Waals surface area (Å²) in [6, 6.07) is 11.0. The summed E-state index contributed by atoms with van der Waals surface area (Å²) < 4.78 is 10.7. The van der Waals surface area contributed by atoms with Crippen molar-refractivity contribution in [2.75, 3.05) is 0 Å². The minimum absolute atomic E-state index is 0.150. The van der Waals surface area contributed by atoms with Crippen molar-refractivity contribution in [2.24, 2.45) is 5.73 Å². The van der Waals surface area contributed by atoms with E-state index in [1.54, 1.807) is 12.1 Å². The van der Waals surface area contributed by atoms with Crippen LogP contribution in [0.5, 0.6) is 0 Å². The zero-order valence-corrected chi connectivity index (χ0v) is 10.4. The summed E-state index contributed by atoms with van der Waals surface area (Å²) in [4.78, 5) is 12.4. The molecule has 2 aromatic rings. The molecule has 0 amide bonds. The lowest BCUT2D eigenvalue weighted by Gasteiger charge is -2.05. The topological polar surface area (TPSA) is 65.5 Å². The van der Waals surface area contributed by atoms with Gasteiger partial charge in [0.25, 0.3) is 0 Å². The molecule has 1 unspecified atom stereocenters. The van der Waals surface area contributed by atoms with Crippen LogP contribution < -0.4 is 5.73 Å². The molecule has 0 bridgehead atoms. The number of hydrogen-bond donors (Lipinski definition) is 1. The Morgan fingerprint density at radius 3 is 2.74 bits per heavy atom. The fourth-order valence-corrected chi connectivity index (χ4v) is 2.20. The van der Waals surface area contributed by atoms with Gasteiger partial charge in [-0.1, -0.05) is 29.8 Å². The van der Waals surface area contributed by atoms with Crippen LogP contribution >= 0.6 is 0 Å². The third-order valence-corrected chi connectivity index (χ3v) is 3.08. The molecule has 19 heavy (non-hydrogen) atoms. The van der Waals surface area contributed by atoms with Gasteiger partial charge < -0.3 is 14.9 Å². The maximum Gasteiger partial charge on any atom is 0.220 e. The van der Waals surface area contributed by atoms with Crippen molar-refractivity contribution in [1.29, 1.82) is 0 Å². The van der Waals surface area contributed by atoms with Gasteiger partial charge in [-0.2, -0.15) is 0 Å². The summed E-state index contributed by atoms with van der Waals surface area (Å²) in [5, 5.41) is 0. The summed E-state index contributed by atoms with van der Waals surface area (Å²) in [5.74, 6) is 0.450. The average Bonchev–Trinajstić information content (AvgIpc) is 2.97. The minimum Gasteiger partial charge on any atom is -0.465 e. The molecule has 0 aliphatic carbocycles. The summed E-state index contributed by atoms with van der Waals surface area (Å²) in [6.07, 6.45) is 0.734. The highest BCUT2D eigenvalue weighted by molar-refractivity contribution is 6.24. The molecule has 96 valence electrons. The maximum atomic E-state index is 12.4. The third kappa shape index (κ3) is 1.91. The largest absolute Gasteiger partial charge is 0.465 e. The molecule has 4 heteroatoms. The lowest BCUT2D eigenvalue weighted by Crippen LogP contribution is -2.08. The van der Waals surface area contributed by atoms with Crippen molar-refractivity contribution in [3.63, 3.8) is 0 Å². The van der Waals surface area contributed by atoms with Crippen LogP contribution in [-0.2, 0) is 9.53 Å². The van der Waals surface area contributed by atoms with Crippen LogP contribution in [0.4, 0.5) is 0 Å². The summed E-state index contributed by atoms with van der Waals surface area (Å²) >= 11 is 0. The SMILES string of the molecule is Cc1cccc(C2=C(N)OC(c3ccco3)C2=O)c1. The number of aryl methyl sites for hydroxylation is 1. The van der Waals surface area contributed by atoms with Gasteiger partial charge in [0.1, 0.15) is 0 Å². The molecule has 4 nitrogen and oxygen atoms in total. The van der Waals surface area contributed by atoms with Gasteiger partial charge in [0.2, 0.25) is 11.9 Å². The van der Waals surface area contributed by atoms with Gasteiger partial charge >= 0.3 is 0 Å². The minimum atomic E-state index is -0.773. The van der Waals surface area contributed by atoms with Crippen LogP contribution in [-0.4, -0.2) is 5.78 Å². The first kappa shape index (κ1) is 11.6. The zero-order valence-electron chi connectivity index (χ0n) is 10.4. The molecule has 1 aromatic carbocycles. The van der Waals surface area contributed by atoms with Gasteiger partial charge in [-0.3, -0.25) is 4.79 Å². The predicted molar refractivity (Wildman–Crippen MR) is 69.8 cm³/mol. The van der Waals surface area contributed by atoms with E-state index < -0.39 is 6.10 Å². The van der Waals surface area contributed by atoms with Crippen molar-refractivity contribution in [2.45, 2.75) is 13.0 Å². The van der Waals surface area contributed by atoms with Gasteiger partial charge in [0.15, 0.2) is 11.6 Å². The molecular weight excluding hydrogens is 242 g/mol. The van der Waals surface area contributed by atoms with Crippen LogP contribution in [0.25, 0.3) is 5.57 Å². The van der Waals surface area contributed by atoms with Gasteiger partial charge in [0.05, 0.1) is 11.8 Å². The van der Waals surface area contributed by atoms with E-state index in [1.165, 1.54) is 6.26 Å². The van der Waals surface area contributed by atoms with E-state index >= 15 is 0 Å².